The van der Waals surface area contributed by atoms with Gasteiger partial charge in [0.05, 0.1) is 3.92 Å². The number of ketones is 1. The monoisotopic (exact) mass is 326 g/mol. The standard InChI is InChI=1S/C14H15IO/c1-3-8-13(15)14(16)12(4-2)11-9-6-5-7-10-11/h2,5-7,9-10,12-13H,3,8H2,1H3/t12-,13?/m0/s1. The molecule has 2 heteroatoms. The van der Waals surface area contributed by atoms with E-state index in [0.29, 0.717) is 0 Å². The SMILES string of the molecule is C#C[C@H](C(=O)C(I)CCC)c1ccccc1. The molecule has 2 atom stereocenters. The molecular weight excluding hydrogens is 311 g/mol. The molecule has 0 fully saturated rings. The lowest BCUT2D eigenvalue weighted by molar-refractivity contribution is -0.118. The molecule has 1 nitrogen and oxygen atoms in total. The molecule has 0 aliphatic rings. The van der Waals surface area contributed by atoms with Gasteiger partial charge in [-0.25, -0.2) is 0 Å². The van der Waals surface area contributed by atoms with Crippen LogP contribution in [0.3, 0.4) is 0 Å². The van der Waals surface area contributed by atoms with Crippen molar-refractivity contribution in [2.45, 2.75) is 29.6 Å². The van der Waals surface area contributed by atoms with Crippen molar-refractivity contribution in [2.24, 2.45) is 0 Å². The molecule has 0 spiro atoms. The van der Waals surface area contributed by atoms with Crippen molar-refractivity contribution in [1.82, 2.24) is 0 Å². The van der Waals surface area contributed by atoms with E-state index in [-0.39, 0.29) is 9.71 Å². The first kappa shape index (κ1) is 13.2. The summed E-state index contributed by atoms with van der Waals surface area (Å²) >= 11 is 2.19. The molecule has 16 heavy (non-hydrogen) atoms. The van der Waals surface area contributed by atoms with Crippen LogP contribution in [0.1, 0.15) is 31.2 Å². The topological polar surface area (TPSA) is 17.1 Å². The number of benzene rings is 1. The van der Waals surface area contributed by atoms with Gasteiger partial charge < -0.3 is 0 Å². The number of carbonyl (C=O) groups is 1. The third kappa shape index (κ3) is 3.34. The van der Waals surface area contributed by atoms with Gasteiger partial charge in [0.25, 0.3) is 0 Å². The summed E-state index contributed by atoms with van der Waals surface area (Å²) in [7, 11) is 0. The molecular formula is C14H15IO. The summed E-state index contributed by atoms with van der Waals surface area (Å²) in [5.74, 6) is 2.36. The molecule has 1 aromatic carbocycles. The van der Waals surface area contributed by atoms with Gasteiger partial charge in [-0.2, -0.15) is 0 Å². The molecule has 0 saturated heterocycles. The van der Waals surface area contributed by atoms with Crippen LogP contribution in [0.25, 0.3) is 0 Å². The molecule has 0 saturated carbocycles. The van der Waals surface area contributed by atoms with Crippen LogP contribution in [0.4, 0.5) is 0 Å². The van der Waals surface area contributed by atoms with Crippen molar-refractivity contribution in [3.05, 3.63) is 35.9 Å². The number of hydrogen-bond donors (Lipinski definition) is 0. The third-order valence-electron chi connectivity index (χ3n) is 2.43. The van der Waals surface area contributed by atoms with Crippen molar-refractivity contribution in [2.75, 3.05) is 0 Å². The first-order chi connectivity index (χ1) is 7.70. The second-order valence-corrected chi connectivity index (χ2v) is 5.17. The summed E-state index contributed by atoms with van der Waals surface area (Å²) in [6, 6.07) is 9.58. The minimum absolute atomic E-state index is 0.0175. The predicted octanol–water partition coefficient (Wildman–Crippen LogP) is 3.58. The van der Waals surface area contributed by atoms with E-state index in [2.05, 4.69) is 35.4 Å². The Hall–Kier alpha value is -0.820. The second-order valence-electron chi connectivity index (χ2n) is 3.67. The molecule has 0 aromatic heterocycles. The molecule has 1 unspecified atom stereocenters. The minimum Gasteiger partial charge on any atom is -0.297 e. The lowest BCUT2D eigenvalue weighted by Crippen LogP contribution is -2.21. The zero-order valence-corrected chi connectivity index (χ0v) is 11.5. The number of hydrogen-bond acceptors (Lipinski definition) is 1. The lowest BCUT2D eigenvalue weighted by Gasteiger charge is -2.14. The van der Waals surface area contributed by atoms with Crippen LogP contribution in [0.15, 0.2) is 30.3 Å². The summed E-state index contributed by atoms with van der Waals surface area (Å²) < 4.78 is 0.0175. The van der Waals surface area contributed by atoms with Gasteiger partial charge in [0.15, 0.2) is 5.78 Å². The van der Waals surface area contributed by atoms with Gasteiger partial charge in [-0.3, -0.25) is 4.79 Å². The highest BCUT2D eigenvalue weighted by molar-refractivity contribution is 14.1. The number of rotatable bonds is 5. The summed E-state index contributed by atoms with van der Waals surface area (Å²) in [4.78, 5) is 12.1. The van der Waals surface area contributed by atoms with Crippen molar-refractivity contribution in [3.8, 4) is 12.3 Å². The van der Waals surface area contributed by atoms with Crippen LogP contribution in [0, 0.1) is 12.3 Å². The highest BCUT2D eigenvalue weighted by Crippen LogP contribution is 2.22. The van der Waals surface area contributed by atoms with Crippen LogP contribution in [-0.4, -0.2) is 9.71 Å². The Morgan fingerprint density at radius 3 is 2.56 bits per heavy atom. The fourth-order valence-corrected chi connectivity index (χ4v) is 2.55. The number of Topliss-reactive ketones (excluding diaryl/α,β-unsaturated/α-hetero) is 1. The van der Waals surface area contributed by atoms with E-state index in [1.54, 1.807) is 0 Å². The average Bonchev–Trinajstić information content (AvgIpc) is 2.31. The van der Waals surface area contributed by atoms with E-state index >= 15 is 0 Å². The molecule has 0 amide bonds. The lowest BCUT2D eigenvalue weighted by atomic mass is 9.93. The zero-order chi connectivity index (χ0) is 12.0. The van der Waals surface area contributed by atoms with E-state index < -0.39 is 5.92 Å². The molecule has 0 bridgehead atoms. The Labute approximate surface area is 111 Å². The van der Waals surface area contributed by atoms with Crippen molar-refractivity contribution in [3.63, 3.8) is 0 Å². The fourth-order valence-electron chi connectivity index (χ4n) is 1.56. The van der Waals surface area contributed by atoms with Crippen molar-refractivity contribution in [1.29, 1.82) is 0 Å². The molecule has 84 valence electrons. The van der Waals surface area contributed by atoms with E-state index in [1.807, 2.05) is 30.3 Å². The normalized spacial score (nSPS) is 13.8. The van der Waals surface area contributed by atoms with Gasteiger partial charge in [-0.05, 0) is 12.0 Å². The highest BCUT2D eigenvalue weighted by atomic mass is 127. The fraction of sp³-hybridized carbons (Fsp3) is 0.357. The van der Waals surface area contributed by atoms with E-state index in [0.717, 1.165) is 18.4 Å². The van der Waals surface area contributed by atoms with Crippen LogP contribution < -0.4 is 0 Å². The Morgan fingerprint density at radius 1 is 1.44 bits per heavy atom. The van der Waals surface area contributed by atoms with Crippen LogP contribution in [0.5, 0.6) is 0 Å². The number of alkyl halides is 1. The largest absolute Gasteiger partial charge is 0.297 e. The molecule has 0 aliphatic carbocycles. The third-order valence-corrected chi connectivity index (χ3v) is 3.67. The summed E-state index contributed by atoms with van der Waals surface area (Å²) in [5, 5.41) is 0. The number of halogens is 1. The average molecular weight is 326 g/mol. The van der Waals surface area contributed by atoms with Crippen LogP contribution >= 0.6 is 22.6 Å². The number of terminal acetylenes is 1. The highest BCUT2D eigenvalue weighted by Gasteiger charge is 2.23. The molecule has 0 heterocycles. The maximum Gasteiger partial charge on any atom is 0.165 e. The summed E-state index contributed by atoms with van der Waals surface area (Å²) in [5.41, 5.74) is 0.924. The van der Waals surface area contributed by atoms with E-state index in [1.165, 1.54) is 0 Å². The van der Waals surface area contributed by atoms with Crippen LogP contribution in [0.2, 0.25) is 0 Å². The predicted molar refractivity (Wildman–Crippen MR) is 75.7 cm³/mol. The molecule has 1 aromatic rings. The molecule has 0 radical (unpaired) electrons. The summed E-state index contributed by atoms with van der Waals surface area (Å²) in [6.07, 6.45) is 7.36. The van der Waals surface area contributed by atoms with Gasteiger partial charge >= 0.3 is 0 Å². The first-order valence-corrected chi connectivity index (χ1v) is 6.64. The van der Waals surface area contributed by atoms with E-state index in [9.17, 15) is 4.79 Å². The molecule has 0 aliphatic heterocycles. The smallest absolute Gasteiger partial charge is 0.165 e. The van der Waals surface area contributed by atoms with Crippen LogP contribution in [-0.2, 0) is 4.79 Å². The Bertz CT molecular complexity index is 377. The molecule has 1 rings (SSSR count). The minimum atomic E-state index is -0.394. The van der Waals surface area contributed by atoms with Gasteiger partial charge in [0.2, 0.25) is 0 Å². The Morgan fingerprint density at radius 2 is 2.06 bits per heavy atom. The second kappa shape index (κ2) is 6.70. The zero-order valence-electron chi connectivity index (χ0n) is 9.32. The Balaban J connectivity index is 2.84. The van der Waals surface area contributed by atoms with Gasteiger partial charge in [0, 0.05) is 0 Å². The summed E-state index contributed by atoms with van der Waals surface area (Å²) in [6.45, 7) is 2.08. The van der Waals surface area contributed by atoms with Crippen molar-refractivity contribution >= 4 is 28.4 Å². The van der Waals surface area contributed by atoms with Gasteiger partial charge in [-0.15, -0.1) is 6.42 Å². The quantitative estimate of drug-likeness (QED) is 0.459. The number of carbonyl (C=O) groups excluding carboxylic acids is 1. The van der Waals surface area contributed by atoms with E-state index in [4.69, 9.17) is 6.42 Å². The first-order valence-electron chi connectivity index (χ1n) is 5.39. The maximum absolute atomic E-state index is 12.1. The van der Waals surface area contributed by atoms with Crippen molar-refractivity contribution < 1.29 is 4.79 Å². The Kier molecular flexibility index (Phi) is 5.54. The molecule has 0 N–H and O–H groups in total. The maximum atomic E-state index is 12.1. The van der Waals surface area contributed by atoms with Gasteiger partial charge in [-0.1, -0.05) is 72.2 Å². The van der Waals surface area contributed by atoms with Gasteiger partial charge in [0.1, 0.15) is 5.92 Å².